The lowest BCUT2D eigenvalue weighted by molar-refractivity contribution is -0.121. The Hall–Kier alpha value is -3.18. The van der Waals surface area contributed by atoms with E-state index in [0.717, 1.165) is 36.3 Å². The molecule has 1 N–H and O–H groups in total. The van der Waals surface area contributed by atoms with Crippen molar-refractivity contribution in [2.75, 3.05) is 0 Å². The molecule has 0 spiro atoms. The molecule has 0 radical (unpaired) electrons. The van der Waals surface area contributed by atoms with Gasteiger partial charge in [0.25, 0.3) is 0 Å². The first-order chi connectivity index (χ1) is 19.8. The number of carbonyl (C=O) groups excluding carboxylic acids is 1. The van der Waals surface area contributed by atoms with Gasteiger partial charge in [-0.15, -0.1) is 0 Å². The van der Waals surface area contributed by atoms with Gasteiger partial charge in [-0.1, -0.05) is 43.7 Å². The van der Waals surface area contributed by atoms with Crippen molar-refractivity contribution in [1.29, 1.82) is 0 Å². The third-order valence-corrected chi connectivity index (χ3v) is 10.0. The molecule has 1 aliphatic carbocycles. The number of aryl methyl sites for hydroxylation is 1. The molecule has 2 aromatic carbocycles. The maximum absolute atomic E-state index is 12.3. The molecule has 3 heterocycles. The molecule has 216 valence electrons. The summed E-state index contributed by atoms with van der Waals surface area (Å²) in [5.41, 5.74) is 7.10. The Morgan fingerprint density at radius 2 is 1.80 bits per heavy atom. The molecular weight excluding hydrogens is 508 g/mol. The molecule has 41 heavy (non-hydrogen) atoms. The molecule has 0 bridgehead atoms. The van der Waals surface area contributed by atoms with E-state index in [4.69, 9.17) is 4.74 Å². The van der Waals surface area contributed by atoms with Gasteiger partial charge in [0.15, 0.2) is 0 Å². The number of ketones is 1. The summed E-state index contributed by atoms with van der Waals surface area (Å²) in [6.45, 7) is 9.37. The number of hydrogen-bond donors (Lipinski definition) is 1. The van der Waals surface area contributed by atoms with Gasteiger partial charge in [0, 0.05) is 36.8 Å². The quantitative estimate of drug-likeness (QED) is 0.307. The minimum atomic E-state index is -0.0165. The Balaban J connectivity index is 1.31. The number of aromatic nitrogens is 1. The fourth-order valence-electron chi connectivity index (χ4n) is 7.30. The normalized spacial score (nSPS) is 24.2. The molecule has 6 rings (SSSR count). The molecule has 2 aliphatic heterocycles. The Morgan fingerprint density at radius 3 is 2.51 bits per heavy atom. The summed E-state index contributed by atoms with van der Waals surface area (Å²) < 4.78 is 6.75. The van der Waals surface area contributed by atoms with Crippen LogP contribution >= 0.6 is 0 Å². The number of hydrogen-bond acceptors (Lipinski definition) is 5. The number of pyridine rings is 1. The second-order valence-corrected chi connectivity index (χ2v) is 12.9. The minimum absolute atomic E-state index is 0.0165. The molecule has 1 saturated carbocycles. The highest BCUT2D eigenvalue weighted by atomic mass is 16.5. The van der Waals surface area contributed by atoms with Gasteiger partial charge in [-0.2, -0.15) is 0 Å². The fraction of sp³-hybridized carbons (Fsp3) is 0.500. The number of benzene rings is 2. The zero-order valence-electron chi connectivity index (χ0n) is 25.0. The molecule has 1 unspecified atom stereocenters. The highest BCUT2D eigenvalue weighted by Crippen LogP contribution is 2.48. The van der Waals surface area contributed by atoms with E-state index in [-0.39, 0.29) is 29.6 Å². The first kappa shape index (κ1) is 28.0. The third kappa shape index (κ3) is 5.92. The number of ether oxygens (including phenoxy) is 1. The largest absolute Gasteiger partial charge is 0.493 e. The SMILES string of the molecule is CC(=O)[C@@H](C)[C@H](c1ccc2c(c1)OC(c1ccc(-c3ccnc(O)c3)c(CN3[C@H](C)CCC[C@@H]3C)c1)CC2)C1CC1. The number of nitrogens with zero attached hydrogens (tertiary/aromatic N) is 2. The van der Waals surface area contributed by atoms with Crippen LogP contribution in [-0.4, -0.2) is 32.9 Å². The monoisotopic (exact) mass is 552 g/mol. The number of fused-ring (bicyclic) bond motifs is 1. The van der Waals surface area contributed by atoms with E-state index in [1.807, 2.05) is 6.07 Å². The van der Waals surface area contributed by atoms with Crippen molar-refractivity contribution in [3.05, 3.63) is 77.0 Å². The number of rotatable bonds is 8. The van der Waals surface area contributed by atoms with Gasteiger partial charge in [0.2, 0.25) is 5.88 Å². The summed E-state index contributed by atoms with van der Waals surface area (Å²) in [5.74, 6) is 2.20. The van der Waals surface area contributed by atoms with Gasteiger partial charge >= 0.3 is 0 Å². The first-order valence-corrected chi connectivity index (χ1v) is 15.6. The average Bonchev–Trinajstić information content (AvgIpc) is 3.80. The smallest absolute Gasteiger partial charge is 0.211 e. The van der Waals surface area contributed by atoms with Gasteiger partial charge in [0.1, 0.15) is 17.6 Å². The molecule has 2 fully saturated rings. The van der Waals surface area contributed by atoms with Crippen LogP contribution in [0, 0.1) is 11.8 Å². The van der Waals surface area contributed by atoms with Gasteiger partial charge in [-0.05, 0) is 117 Å². The molecule has 1 saturated heterocycles. The molecule has 5 heteroatoms. The summed E-state index contributed by atoms with van der Waals surface area (Å²) in [4.78, 5) is 19.0. The van der Waals surface area contributed by atoms with Crippen molar-refractivity contribution in [2.24, 2.45) is 11.8 Å². The lowest BCUT2D eigenvalue weighted by atomic mass is 9.80. The molecule has 0 amide bonds. The molecule has 3 aromatic rings. The zero-order chi connectivity index (χ0) is 28.7. The van der Waals surface area contributed by atoms with Crippen LogP contribution in [0.2, 0.25) is 0 Å². The Morgan fingerprint density at radius 1 is 1.02 bits per heavy atom. The molecule has 3 aliphatic rings. The lowest BCUT2D eigenvalue weighted by Crippen LogP contribution is -2.43. The van der Waals surface area contributed by atoms with E-state index in [9.17, 15) is 9.90 Å². The predicted octanol–water partition coefficient (Wildman–Crippen LogP) is 8.00. The number of aromatic hydroxyl groups is 1. The van der Waals surface area contributed by atoms with E-state index in [2.05, 4.69) is 67.1 Å². The zero-order valence-corrected chi connectivity index (χ0v) is 25.0. The summed E-state index contributed by atoms with van der Waals surface area (Å²) in [7, 11) is 0. The van der Waals surface area contributed by atoms with Crippen molar-refractivity contribution >= 4 is 5.78 Å². The number of likely N-dealkylation sites (tertiary alicyclic amines) is 1. The van der Waals surface area contributed by atoms with Gasteiger partial charge in [-0.3, -0.25) is 9.69 Å². The van der Waals surface area contributed by atoms with E-state index >= 15 is 0 Å². The molecule has 5 nitrogen and oxygen atoms in total. The number of carbonyl (C=O) groups is 1. The standard InChI is InChI=1S/C36H44N2O3/c1-22-6-5-7-23(2)38(22)21-31-18-29(12-14-32(31)28-16-17-37-35(40)20-28)33-15-13-26-8-11-30(19-34(26)41-33)36(27-9-10-27)24(3)25(4)39/h8,11-12,14,16-20,22-24,27,33,36H,5-7,9-10,13,15,21H2,1-4H3,(H,37,40)/t22-,23+,24-,33?,36+/m1/s1. The van der Waals surface area contributed by atoms with Crippen LogP contribution in [0.4, 0.5) is 0 Å². The van der Waals surface area contributed by atoms with Crippen molar-refractivity contribution in [2.45, 2.75) is 103 Å². The van der Waals surface area contributed by atoms with Crippen LogP contribution in [-0.2, 0) is 17.8 Å². The number of Topliss-reactive ketones (excluding diaryl/α,β-unsaturated/α-hetero) is 1. The maximum Gasteiger partial charge on any atom is 0.211 e. The first-order valence-electron chi connectivity index (χ1n) is 15.6. The summed E-state index contributed by atoms with van der Waals surface area (Å²) in [5, 5.41) is 10.1. The second kappa shape index (κ2) is 11.6. The van der Waals surface area contributed by atoms with Crippen molar-refractivity contribution in [1.82, 2.24) is 9.88 Å². The van der Waals surface area contributed by atoms with Crippen molar-refractivity contribution in [3.63, 3.8) is 0 Å². The summed E-state index contributed by atoms with van der Waals surface area (Å²) in [6.07, 6.45) is 9.73. The van der Waals surface area contributed by atoms with E-state index in [1.165, 1.54) is 54.4 Å². The topological polar surface area (TPSA) is 62.7 Å². The van der Waals surface area contributed by atoms with Crippen LogP contribution in [0.25, 0.3) is 11.1 Å². The highest BCUT2D eigenvalue weighted by molar-refractivity contribution is 5.79. The third-order valence-electron chi connectivity index (χ3n) is 10.0. The highest BCUT2D eigenvalue weighted by Gasteiger charge is 2.38. The molecular formula is C36H44N2O3. The van der Waals surface area contributed by atoms with Crippen LogP contribution in [0.5, 0.6) is 11.6 Å². The number of piperidine rings is 1. The second-order valence-electron chi connectivity index (χ2n) is 12.9. The van der Waals surface area contributed by atoms with Crippen molar-refractivity contribution < 1.29 is 14.6 Å². The van der Waals surface area contributed by atoms with Gasteiger partial charge < -0.3 is 9.84 Å². The van der Waals surface area contributed by atoms with E-state index in [0.29, 0.717) is 18.0 Å². The minimum Gasteiger partial charge on any atom is -0.493 e. The Labute approximate surface area is 245 Å². The van der Waals surface area contributed by atoms with Crippen LogP contribution < -0.4 is 4.74 Å². The van der Waals surface area contributed by atoms with E-state index < -0.39 is 0 Å². The van der Waals surface area contributed by atoms with Crippen LogP contribution in [0.3, 0.4) is 0 Å². The van der Waals surface area contributed by atoms with Gasteiger partial charge in [0.05, 0.1) is 0 Å². The lowest BCUT2D eigenvalue weighted by Gasteiger charge is -2.39. The average molecular weight is 553 g/mol. The molecule has 1 aromatic heterocycles. The summed E-state index contributed by atoms with van der Waals surface area (Å²) in [6, 6.07) is 18.2. The van der Waals surface area contributed by atoms with Crippen LogP contribution in [0.1, 0.15) is 100 Å². The van der Waals surface area contributed by atoms with Gasteiger partial charge in [-0.25, -0.2) is 4.98 Å². The Bertz CT molecular complexity index is 1400. The fourth-order valence-corrected chi connectivity index (χ4v) is 7.30. The van der Waals surface area contributed by atoms with E-state index in [1.54, 1.807) is 19.2 Å². The molecule has 5 atom stereocenters. The maximum atomic E-state index is 12.3. The summed E-state index contributed by atoms with van der Waals surface area (Å²) >= 11 is 0. The Kier molecular flexibility index (Phi) is 7.91. The van der Waals surface area contributed by atoms with Crippen molar-refractivity contribution in [3.8, 4) is 22.8 Å². The van der Waals surface area contributed by atoms with Crippen LogP contribution in [0.15, 0.2) is 54.7 Å². The predicted molar refractivity (Wildman–Crippen MR) is 163 cm³/mol.